The monoisotopic (exact) mass is 408 g/mol. The smallest absolute Gasteiger partial charge is 0.287 e. The first-order valence-corrected chi connectivity index (χ1v) is 10.7. The molecule has 4 rings (SSSR count). The van der Waals surface area contributed by atoms with Crippen molar-refractivity contribution in [1.29, 1.82) is 0 Å². The SMILES string of the molecule is Cc1c(C(=O)NCCNS(=O)(=O)c2ccccc2)oc2c1ccc1ccccc12. The fourth-order valence-electron chi connectivity index (χ4n) is 3.29. The van der Waals surface area contributed by atoms with E-state index in [2.05, 4.69) is 10.0 Å². The van der Waals surface area contributed by atoms with Gasteiger partial charge in [-0.05, 0) is 24.4 Å². The summed E-state index contributed by atoms with van der Waals surface area (Å²) in [6, 6.07) is 19.9. The maximum absolute atomic E-state index is 12.6. The van der Waals surface area contributed by atoms with Crippen molar-refractivity contribution in [2.75, 3.05) is 13.1 Å². The van der Waals surface area contributed by atoms with Crippen molar-refractivity contribution in [2.45, 2.75) is 11.8 Å². The molecule has 2 N–H and O–H groups in total. The number of fused-ring (bicyclic) bond motifs is 3. The van der Waals surface area contributed by atoms with Crippen molar-refractivity contribution < 1.29 is 17.6 Å². The molecule has 3 aromatic carbocycles. The second-order valence-corrected chi connectivity index (χ2v) is 8.45. The van der Waals surface area contributed by atoms with Crippen LogP contribution in [0.5, 0.6) is 0 Å². The molecule has 0 aliphatic rings. The lowest BCUT2D eigenvalue weighted by Crippen LogP contribution is -2.34. The normalized spacial score (nSPS) is 11.8. The van der Waals surface area contributed by atoms with E-state index in [0.29, 0.717) is 5.58 Å². The maximum Gasteiger partial charge on any atom is 0.287 e. The third kappa shape index (κ3) is 3.74. The van der Waals surface area contributed by atoms with Gasteiger partial charge in [0.15, 0.2) is 5.76 Å². The minimum absolute atomic E-state index is 0.0746. The first-order chi connectivity index (χ1) is 14.0. The highest BCUT2D eigenvalue weighted by atomic mass is 32.2. The van der Waals surface area contributed by atoms with E-state index in [1.54, 1.807) is 18.2 Å². The third-order valence-corrected chi connectivity index (χ3v) is 6.27. The average molecular weight is 408 g/mol. The quantitative estimate of drug-likeness (QED) is 0.477. The van der Waals surface area contributed by atoms with Crippen molar-refractivity contribution in [2.24, 2.45) is 0 Å². The van der Waals surface area contributed by atoms with E-state index in [9.17, 15) is 13.2 Å². The second-order valence-electron chi connectivity index (χ2n) is 6.69. The van der Waals surface area contributed by atoms with Crippen molar-refractivity contribution >= 4 is 37.7 Å². The van der Waals surface area contributed by atoms with Gasteiger partial charge in [-0.3, -0.25) is 4.79 Å². The van der Waals surface area contributed by atoms with Gasteiger partial charge in [0.25, 0.3) is 5.91 Å². The van der Waals surface area contributed by atoms with Crippen LogP contribution in [0.15, 0.2) is 76.0 Å². The van der Waals surface area contributed by atoms with Gasteiger partial charge in [0.05, 0.1) is 4.90 Å². The van der Waals surface area contributed by atoms with Gasteiger partial charge in [0.2, 0.25) is 10.0 Å². The number of rotatable bonds is 6. The Morgan fingerprint density at radius 2 is 1.62 bits per heavy atom. The summed E-state index contributed by atoms with van der Waals surface area (Å²) in [4.78, 5) is 12.8. The molecule has 1 aromatic heterocycles. The Morgan fingerprint density at radius 3 is 2.41 bits per heavy atom. The number of furan rings is 1. The molecule has 0 saturated carbocycles. The predicted molar refractivity (Wildman–Crippen MR) is 112 cm³/mol. The maximum atomic E-state index is 12.6. The van der Waals surface area contributed by atoms with Gasteiger partial charge in [0.1, 0.15) is 5.58 Å². The molecule has 0 saturated heterocycles. The van der Waals surface area contributed by atoms with Crippen LogP contribution in [0.3, 0.4) is 0 Å². The summed E-state index contributed by atoms with van der Waals surface area (Å²) in [5.41, 5.74) is 1.43. The molecule has 0 spiro atoms. The van der Waals surface area contributed by atoms with E-state index in [1.165, 1.54) is 12.1 Å². The zero-order chi connectivity index (χ0) is 20.4. The summed E-state index contributed by atoms with van der Waals surface area (Å²) in [5.74, 6) is -0.135. The van der Waals surface area contributed by atoms with Crippen molar-refractivity contribution in [3.8, 4) is 0 Å². The molecule has 6 nitrogen and oxygen atoms in total. The van der Waals surface area contributed by atoms with Crippen LogP contribution >= 0.6 is 0 Å². The molecule has 0 bridgehead atoms. The van der Waals surface area contributed by atoms with Gasteiger partial charge in [-0.1, -0.05) is 54.6 Å². The molecule has 29 heavy (non-hydrogen) atoms. The molecule has 1 amide bonds. The van der Waals surface area contributed by atoms with E-state index in [1.807, 2.05) is 43.3 Å². The zero-order valence-corrected chi connectivity index (χ0v) is 16.6. The van der Waals surface area contributed by atoms with Crippen LogP contribution in [-0.4, -0.2) is 27.4 Å². The molecule has 148 valence electrons. The Balaban J connectivity index is 1.46. The van der Waals surface area contributed by atoms with Gasteiger partial charge < -0.3 is 9.73 Å². The topological polar surface area (TPSA) is 88.4 Å². The van der Waals surface area contributed by atoms with Gasteiger partial charge in [-0.2, -0.15) is 0 Å². The van der Waals surface area contributed by atoms with Crippen LogP contribution in [0, 0.1) is 6.92 Å². The number of benzene rings is 3. The highest BCUT2D eigenvalue weighted by Gasteiger charge is 2.19. The fraction of sp³-hybridized carbons (Fsp3) is 0.136. The summed E-state index contributed by atoms with van der Waals surface area (Å²) >= 11 is 0. The van der Waals surface area contributed by atoms with Crippen LogP contribution < -0.4 is 10.0 Å². The van der Waals surface area contributed by atoms with Gasteiger partial charge in [-0.15, -0.1) is 0 Å². The Morgan fingerprint density at radius 1 is 0.897 bits per heavy atom. The Bertz CT molecular complexity index is 1290. The standard InChI is InChI=1S/C22H20N2O4S/c1-15-18-12-11-16-7-5-6-10-19(16)21(18)28-20(15)22(25)23-13-14-24-29(26,27)17-8-3-2-4-9-17/h2-12,24H,13-14H2,1H3,(H,23,25). The minimum Gasteiger partial charge on any atom is -0.450 e. The van der Waals surface area contributed by atoms with E-state index < -0.39 is 10.0 Å². The second kappa shape index (κ2) is 7.69. The largest absolute Gasteiger partial charge is 0.450 e. The van der Waals surface area contributed by atoms with Gasteiger partial charge in [0, 0.05) is 29.4 Å². The first-order valence-electron chi connectivity index (χ1n) is 9.21. The van der Waals surface area contributed by atoms with Crippen LogP contribution in [0.25, 0.3) is 21.7 Å². The van der Waals surface area contributed by atoms with Crippen LogP contribution in [0.2, 0.25) is 0 Å². The summed E-state index contributed by atoms with van der Waals surface area (Å²) in [5, 5.41) is 5.59. The number of hydrogen-bond donors (Lipinski definition) is 2. The number of carbonyl (C=O) groups excluding carboxylic acids is 1. The number of amides is 1. The summed E-state index contributed by atoms with van der Waals surface area (Å²) < 4.78 is 32.8. The van der Waals surface area contributed by atoms with E-state index in [0.717, 1.165) is 21.7 Å². The van der Waals surface area contributed by atoms with E-state index in [4.69, 9.17) is 4.42 Å². The number of aryl methyl sites for hydroxylation is 1. The van der Waals surface area contributed by atoms with Gasteiger partial charge >= 0.3 is 0 Å². The Hall–Kier alpha value is -3.16. The van der Waals surface area contributed by atoms with Crippen molar-refractivity contribution in [1.82, 2.24) is 10.0 Å². The predicted octanol–water partition coefficient (Wildman–Crippen LogP) is 3.60. The molecule has 0 aliphatic heterocycles. The molecule has 0 fully saturated rings. The Kier molecular flexibility index (Phi) is 5.08. The van der Waals surface area contributed by atoms with E-state index in [-0.39, 0.29) is 29.7 Å². The van der Waals surface area contributed by atoms with E-state index >= 15 is 0 Å². The lowest BCUT2D eigenvalue weighted by molar-refractivity contribution is 0.0928. The average Bonchev–Trinajstić information content (AvgIpc) is 3.09. The Labute approximate surface area is 168 Å². The van der Waals surface area contributed by atoms with Crippen LogP contribution in [-0.2, 0) is 10.0 Å². The highest BCUT2D eigenvalue weighted by molar-refractivity contribution is 7.89. The molecule has 1 heterocycles. The first kappa shape index (κ1) is 19.2. The minimum atomic E-state index is -3.60. The molecule has 0 atom stereocenters. The molecule has 7 heteroatoms. The van der Waals surface area contributed by atoms with Crippen molar-refractivity contribution in [3.63, 3.8) is 0 Å². The number of carbonyl (C=O) groups is 1. The highest BCUT2D eigenvalue weighted by Crippen LogP contribution is 2.31. The van der Waals surface area contributed by atoms with Crippen molar-refractivity contribution in [3.05, 3.63) is 78.1 Å². The fourth-order valence-corrected chi connectivity index (χ4v) is 4.34. The molecular weight excluding hydrogens is 388 g/mol. The molecular formula is C22H20N2O4S. The molecule has 0 radical (unpaired) electrons. The summed E-state index contributed by atoms with van der Waals surface area (Å²) in [6.45, 7) is 2.06. The lowest BCUT2D eigenvalue weighted by atomic mass is 10.1. The third-order valence-electron chi connectivity index (χ3n) is 4.79. The zero-order valence-electron chi connectivity index (χ0n) is 15.8. The molecule has 4 aromatic rings. The van der Waals surface area contributed by atoms with Crippen LogP contribution in [0.4, 0.5) is 0 Å². The van der Waals surface area contributed by atoms with Crippen LogP contribution in [0.1, 0.15) is 16.1 Å². The molecule has 0 aliphatic carbocycles. The van der Waals surface area contributed by atoms with Gasteiger partial charge in [-0.25, -0.2) is 13.1 Å². The lowest BCUT2D eigenvalue weighted by Gasteiger charge is -2.07. The number of sulfonamides is 1. The summed E-state index contributed by atoms with van der Waals surface area (Å²) in [6.07, 6.45) is 0. The molecule has 0 unspecified atom stereocenters. The summed E-state index contributed by atoms with van der Waals surface area (Å²) in [7, 11) is -3.60. The number of hydrogen-bond acceptors (Lipinski definition) is 4. The number of nitrogens with one attached hydrogen (secondary N) is 2.